The highest BCUT2D eigenvalue weighted by molar-refractivity contribution is 5.32. The van der Waals surface area contributed by atoms with Crippen molar-refractivity contribution in [3.63, 3.8) is 0 Å². The first-order chi connectivity index (χ1) is 8.37. The van der Waals surface area contributed by atoms with E-state index in [0.717, 1.165) is 25.2 Å². The molecular formula is C16H25NO. The van der Waals surface area contributed by atoms with E-state index in [1.165, 1.54) is 17.5 Å². The van der Waals surface area contributed by atoms with E-state index < -0.39 is 0 Å². The van der Waals surface area contributed by atoms with E-state index in [9.17, 15) is 5.11 Å². The van der Waals surface area contributed by atoms with E-state index in [1.54, 1.807) is 0 Å². The molecular weight excluding hydrogens is 222 g/mol. The fourth-order valence-electron chi connectivity index (χ4n) is 2.84. The third-order valence-electron chi connectivity index (χ3n) is 3.98. The van der Waals surface area contributed by atoms with Crippen molar-refractivity contribution in [2.75, 3.05) is 19.6 Å². The summed E-state index contributed by atoms with van der Waals surface area (Å²) >= 11 is 0. The summed E-state index contributed by atoms with van der Waals surface area (Å²) in [5, 5.41) is 10.4. The van der Waals surface area contributed by atoms with E-state index in [0.29, 0.717) is 5.41 Å². The lowest BCUT2D eigenvalue weighted by molar-refractivity contribution is 0.120. The van der Waals surface area contributed by atoms with Gasteiger partial charge in [-0.25, -0.2) is 0 Å². The molecule has 1 fully saturated rings. The molecule has 2 heteroatoms. The maximum Gasteiger partial charge on any atom is 0.0919 e. The number of likely N-dealkylation sites (tertiary alicyclic amines) is 1. The molecule has 0 spiro atoms. The largest absolute Gasteiger partial charge is 0.387 e. The summed E-state index contributed by atoms with van der Waals surface area (Å²) in [4.78, 5) is 2.38. The number of rotatable bonds is 3. The zero-order valence-corrected chi connectivity index (χ0v) is 12.0. The van der Waals surface area contributed by atoms with E-state index in [2.05, 4.69) is 50.8 Å². The lowest BCUT2D eigenvalue weighted by atomic mass is 9.93. The van der Waals surface area contributed by atoms with Crippen molar-refractivity contribution >= 4 is 0 Å². The molecule has 1 saturated heterocycles. The van der Waals surface area contributed by atoms with Crippen LogP contribution in [0.2, 0.25) is 0 Å². The molecule has 0 aliphatic carbocycles. The van der Waals surface area contributed by atoms with Crippen LogP contribution in [0.1, 0.15) is 43.1 Å². The molecule has 1 aliphatic rings. The Balaban J connectivity index is 2.04. The van der Waals surface area contributed by atoms with Gasteiger partial charge in [0.05, 0.1) is 6.10 Å². The molecule has 0 bridgehead atoms. The van der Waals surface area contributed by atoms with Crippen molar-refractivity contribution in [3.05, 3.63) is 34.9 Å². The SMILES string of the molecule is Cc1ccc(C)c(C(O)CN2CCC(C)(C)C2)c1. The van der Waals surface area contributed by atoms with Crippen LogP contribution in [-0.4, -0.2) is 29.6 Å². The number of aliphatic hydroxyl groups is 1. The highest BCUT2D eigenvalue weighted by Gasteiger charge is 2.30. The van der Waals surface area contributed by atoms with Gasteiger partial charge in [-0.15, -0.1) is 0 Å². The van der Waals surface area contributed by atoms with Crippen molar-refractivity contribution < 1.29 is 5.11 Å². The molecule has 1 N–H and O–H groups in total. The second kappa shape index (κ2) is 5.02. The van der Waals surface area contributed by atoms with Crippen molar-refractivity contribution in [2.24, 2.45) is 5.41 Å². The van der Waals surface area contributed by atoms with E-state index in [4.69, 9.17) is 0 Å². The molecule has 1 aromatic rings. The number of hydrogen-bond donors (Lipinski definition) is 1. The minimum Gasteiger partial charge on any atom is -0.387 e. The van der Waals surface area contributed by atoms with Gasteiger partial charge in [0.15, 0.2) is 0 Å². The molecule has 100 valence electrons. The van der Waals surface area contributed by atoms with Crippen molar-refractivity contribution in [2.45, 2.75) is 40.2 Å². The minimum absolute atomic E-state index is 0.362. The fraction of sp³-hybridized carbons (Fsp3) is 0.625. The van der Waals surface area contributed by atoms with Gasteiger partial charge >= 0.3 is 0 Å². The van der Waals surface area contributed by atoms with Crippen LogP contribution in [0.3, 0.4) is 0 Å². The van der Waals surface area contributed by atoms with E-state index in [-0.39, 0.29) is 6.10 Å². The maximum atomic E-state index is 10.4. The Morgan fingerprint density at radius 1 is 1.33 bits per heavy atom. The molecule has 1 atom stereocenters. The lowest BCUT2D eigenvalue weighted by Crippen LogP contribution is -2.28. The van der Waals surface area contributed by atoms with Gasteiger partial charge in [0.2, 0.25) is 0 Å². The summed E-state index contributed by atoms with van der Waals surface area (Å²) in [5.41, 5.74) is 3.89. The average molecular weight is 247 g/mol. The number of aryl methyl sites for hydroxylation is 2. The van der Waals surface area contributed by atoms with Crippen LogP contribution in [0, 0.1) is 19.3 Å². The van der Waals surface area contributed by atoms with Crippen LogP contribution in [0.4, 0.5) is 0 Å². The van der Waals surface area contributed by atoms with Gasteiger partial charge in [0.1, 0.15) is 0 Å². The molecule has 0 aromatic heterocycles. The average Bonchev–Trinajstić information content (AvgIpc) is 2.61. The number of aliphatic hydroxyl groups excluding tert-OH is 1. The number of hydrogen-bond acceptors (Lipinski definition) is 2. The molecule has 1 heterocycles. The predicted octanol–water partition coefficient (Wildman–Crippen LogP) is 3.07. The maximum absolute atomic E-state index is 10.4. The van der Waals surface area contributed by atoms with Gasteiger partial charge in [0.25, 0.3) is 0 Å². The van der Waals surface area contributed by atoms with E-state index in [1.807, 2.05) is 0 Å². The highest BCUT2D eigenvalue weighted by Crippen LogP contribution is 2.30. The Labute approximate surface area is 111 Å². The van der Waals surface area contributed by atoms with Gasteiger partial charge in [-0.05, 0) is 43.4 Å². The molecule has 1 aliphatic heterocycles. The molecule has 0 saturated carbocycles. The summed E-state index contributed by atoms with van der Waals surface area (Å²) < 4.78 is 0. The molecule has 2 nitrogen and oxygen atoms in total. The van der Waals surface area contributed by atoms with Crippen LogP contribution < -0.4 is 0 Å². The van der Waals surface area contributed by atoms with E-state index >= 15 is 0 Å². The first-order valence-corrected chi connectivity index (χ1v) is 6.85. The second-order valence-electron chi connectivity index (χ2n) is 6.53. The number of benzene rings is 1. The minimum atomic E-state index is -0.362. The van der Waals surface area contributed by atoms with Crippen LogP contribution in [0.25, 0.3) is 0 Å². The number of nitrogens with zero attached hydrogens (tertiary/aromatic N) is 1. The first-order valence-electron chi connectivity index (χ1n) is 6.85. The second-order valence-corrected chi connectivity index (χ2v) is 6.53. The van der Waals surface area contributed by atoms with Gasteiger partial charge in [-0.2, -0.15) is 0 Å². The monoisotopic (exact) mass is 247 g/mol. The van der Waals surface area contributed by atoms with Crippen molar-refractivity contribution in [1.29, 1.82) is 0 Å². The normalized spacial score (nSPS) is 21.2. The van der Waals surface area contributed by atoms with Crippen LogP contribution >= 0.6 is 0 Å². The lowest BCUT2D eigenvalue weighted by Gasteiger charge is -2.23. The Morgan fingerprint density at radius 3 is 2.67 bits per heavy atom. The topological polar surface area (TPSA) is 23.5 Å². The summed E-state index contributed by atoms with van der Waals surface area (Å²) in [7, 11) is 0. The standard InChI is InChI=1S/C16H25NO/c1-12-5-6-13(2)14(9-12)15(18)10-17-8-7-16(3,4)11-17/h5-6,9,15,18H,7-8,10-11H2,1-4H3. The van der Waals surface area contributed by atoms with Gasteiger partial charge in [0, 0.05) is 13.1 Å². The Bertz CT molecular complexity index is 425. The van der Waals surface area contributed by atoms with Crippen LogP contribution in [0.5, 0.6) is 0 Å². The highest BCUT2D eigenvalue weighted by atomic mass is 16.3. The Hall–Kier alpha value is -0.860. The van der Waals surface area contributed by atoms with Gasteiger partial charge in [-0.3, -0.25) is 4.90 Å². The molecule has 2 rings (SSSR count). The zero-order chi connectivity index (χ0) is 13.3. The third kappa shape index (κ3) is 3.12. The van der Waals surface area contributed by atoms with Crippen molar-refractivity contribution in [1.82, 2.24) is 4.90 Å². The smallest absolute Gasteiger partial charge is 0.0919 e. The van der Waals surface area contributed by atoms with Crippen molar-refractivity contribution in [3.8, 4) is 0 Å². The number of β-amino-alcohol motifs (C(OH)–C–C–N with tert-alkyl or cyclic N) is 1. The molecule has 0 radical (unpaired) electrons. The summed E-state index contributed by atoms with van der Waals surface area (Å²) in [5.74, 6) is 0. The summed E-state index contributed by atoms with van der Waals surface area (Å²) in [6.45, 7) is 11.7. The fourth-order valence-corrected chi connectivity index (χ4v) is 2.84. The summed E-state index contributed by atoms with van der Waals surface area (Å²) in [6, 6.07) is 6.31. The Morgan fingerprint density at radius 2 is 2.06 bits per heavy atom. The molecule has 1 aromatic carbocycles. The molecule has 1 unspecified atom stereocenters. The summed E-state index contributed by atoms with van der Waals surface area (Å²) in [6.07, 6.45) is 0.866. The third-order valence-corrected chi connectivity index (χ3v) is 3.98. The Kier molecular flexibility index (Phi) is 3.79. The first kappa shape index (κ1) is 13.6. The zero-order valence-electron chi connectivity index (χ0n) is 12.0. The van der Waals surface area contributed by atoms with Gasteiger partial charge < -0.3 is 5.11 Å². The van der Waals surface area contributed by atoms with Gasteiger partial charge in [-0.1, -0.05) is 37.6 Å². The molecule has 18 heavy (non-hydrogen) atoms. The van der Waals surface area contributed by atoms with Crippen LogP contribution in [0.15, 0.2) is 18.2 Å². The molecule has 0 amide bonds. The quantitative estimate of drug-likeness (QED) is 0.887. The predicted molar refractivity (Wildman–Crippen MR) is 75.7 cm³/mol. The van der Waals surface area contributed by atoms with Crippen LogP contribution in [-0.2, 0) is 0 Å².